The van der Waals surface area contributed by atoms with Crippen LogP contribution in [0, 0.1) is 0 Å². The first-order valence-corrected chi connectivity index (χ1v) is 11.9. The van der Waals surface area contributed by atoms with Gasteiger partial charge in [0.05, 0.1) is 0 Å². The summed E-state index contributed by atoms with van der Waals surface area (Å²) in [5, 5.41) is 3.08. The van der Waals surface area contributed by atoms with Gasteiger partial charge in [-0.2, -0.15) is 0 Å². The highest BCUT2D eigenvalue weighted by Crippen LogP contribution is 2.54. The molecular formula is C17H34ClNOP2. The van der Waals surface area contributed by atoms with E-state index in [4.69, 9.17) is 11.6 Å². The fourth-order valence-electron chi connectivity index (χ4n) is 2.87. The van der Waals surface area contributed by atoms with Gasteiger partial charge in [0.25, 0.3) is 0 Å². The molecule has 0 aromatic rings. The van der Waals surface area contributed by atoms with Gasteiger partial charge in [0.2, 0.25) is 0 Å². The molecule has 0 aliphatic carbocycles. The first-order chi connectivity index (χ1) is 10.1. The molecule has 130 valence electrons. The third-order valence-electron chi connectivity index (χ3n) is 3.81. The maximum absolute atomic E-state index is 11.3. The second kappa shape index (κ2) is 11.0. The molecule has 0 saturated carbocycles. The lowest BCUT2D eigenvalue weighted by Crippen LogP contribution is -2.27. The Morgan fingerprint density at radius 1 is 0.955 bits per heavy atom. The van der Waals surface area contributed by atoms with Crippen molar-refractivity contribution >= 4 is 33.4 Å². The van der Waals surface area contributed by atoms with Gasteiger partial charge < -0.3 is 5.32 Å². The summed E-state index contributed by atoms with van der Waals surface area (Å²) in [6.45, 7) is 18.8. The molecule has 0 bridgehead atoms. The fraction of sp³-hybridized carbons (Fsp3) is 0.882. The van der Waals surface area contributed by atoms with Gasteiger partial charge in [-0.3, -0.25) is 0 Å². The number of hydrogen-bond acceptors (Lipinski definition) is 2. The molecule has 0 amide bonds. The molecule has 0 spiro atoms. The van der Waals surface area contributed by atoms with Crippen molar-refractivity contribution in [3.63, 3.8) is 0 Å². The van der Waals surface area contributed by atoms with Crippen LogP contribution >= 0.6 is 27.4 Å². The molecule has 1 unspecified atom stereocenters. The van der Waals surface area contributed by atoms with Crippen LogP contribution in [0.4, 0.5) is 0 Å². The summed E-state index contributed by atoms with van der Waals surface area (Å²) in [6, 6.07) is 0. The molecule has 2 nitrogen and oxygen atoms in total. The minimum Gasteiger partial charge on any atom is -0.378 e. The molecule has 0 heterocycles. The van der Waals surface area contributed by atoms with Crippen LogP contribution in [-0.4, -0.2) is 46.4 Å². The van der Waals surface area contributed by atoms with Gasteiger partial charge >= 0.3 is 0 Å². The maximum atomic E-state index is 11.3. The van der Waals surface area contributed by atoms with Crippen molar-refractivity contribution in [3.05, 3.63) is 5.70 Å². The van der Waals surface area contributed by atoms with Crippen molar-refractivity contribution in [1.29, 1.82) is 0 Å². The van der Waals surface area contributed by atoms with E-state index in [1.54, 1.807) is 0 Å². The van der Waals surface area contributed by atoms with Crippen molar-refractivity contribution in [1.82, 2.24) is 5.32 Å². The second-order valence-electron chi connectivity index (χ2n) is 6.84. The summed E-state index contributed by atoms with van der Waals surface area (Å²) < 4.78 is 0. The average Bonchev–Trinajstić information content (AvgIpc) is 2.36. The molecule has 1 N–H and O–H groups in total. The molecule has 0 radical (unpaired) electrons. The lowest BCUT2D eigenvalue weighted by atomic mass is 10.5. The number of hydrogen-bond donors (Lipinski definition) is 1. The standard InChI is InChI=1S/C17H34ClNOP2/c1-12(2)21(13(3)4)10-9-19-16(11-20)17(18)22(14(5)6)15(7)8/h12-15,17,19H,9-10H2,1-8H3. The van der Waals surface area contributed by atoms with E-state index in [0.717, 1.165) is 24.0 Å². The molecule has 1 atom stereocenters. The first-order valence-electron chi connectivity index (χ1n) is 8.29. The Balaban J connectivity index is 4.71. The summed E-state index contributed by atoms with van der Waals surface area (Å²) in [5.74, 6) is 2.07. The van der Waals surface area contributed by atoms with E-state index in [2.05, 4.69) is 66.6 Å². The van der Waals surface area contributed by atoms with Crippen LogP contribution in [0.1, 0.15) is 55.4 Å². The second-order valence-corrected chi connectivity index (χ2v) is 14.6. The molecule has 0 saturated heterocycles. The highest BCUT2D eigenvalue weighted by molar-refractivity contribution is 7.61. The summed E-state index contributed by atoms with van der Waals surface area (Å²) in [7, 11) is -0.450. The topological polar surface area (TPSA) is 29.1 Å². The minimum atomic E-state index is -0.433. The quantitative estimate of drug-likeness (QED) is 0.316. The van der Waals surface area contributed by atoms with Crippen LogP contribution in [0.15, 0.2) is 5.70 Å². The summed E-state index contributed by atoms with van der Waals surface area (Å²) in [6.07, 6.45) is 1.13. The smallest absolute Gasteiger partial charge is 0.147 e. The number of halogens is 1. The van der Waals surface area contributed by atoms with Gasteiger partial charge in [0.15, 0.2) is 0 Å². The average molecular weight is 366 g/mol. The summed E-state index contributed by atoms with van der Waals surface area (Å²) >= 11 is 6.62. The summed E-state index contributed by atoms with van der Waals surface area (Å²) in [4.78, 5) is 11.3. The van der Waals surface area contributed by atoms with E-state index in [-0.39, 0.29) is 13.0 Å². The Kier molecular flexibility index (Phi) is 11.2. The Morgan fingerprint density at radius 3 is 1.73 bits per heavy atom. The zero-order valence-corrected chi connectivity index (χ0v) is 18.0. The maximum Gasteiger partial charge on any atom is 0.147 e. The van der Waals surface area contributed by atoms with E-state index in [0.29, 0.717) is 17.0 Å². The van der Waals surface area contributed by atoms with Gasteiger partial charge in [-0.05, 0) is 28.8 Å². The van der Waals surface area contributed by atoms with Crippen molar-refractivity contribution in [3.8, 4) is 0 Å². The number of carbonyl (C=O) groups excluding carboxylic acids is 1. The van der Waals surface area contributed by atoms with Crippen molar-refractivity contribution < 1.29 is 4.79 Å². The zero-order valence-electron chi connectivity index (χ0n) is 15.5. The third-order valence-corrected chi connectivity index (χ3v) is 11.3. The lowest BCUT2D eigenvalue weighted by Gasteiger charge is -2.31. The molecule has 0 aliphatic heterocycles. The van der Waals surface area contributed by atoms with E-state index in [1.165, 1.54) is 0 Å². The van der Waals surface area contributed by atoms with Crippen LogP contribution < -0.4 is 5.32 Å². The third kappa shape index (κ3) is 7.31. The van der Waals surface area contributed by atoms with Crippen molar-refractivity contribution in [2.24, 2.45) is 0 Å². The number of alkyl halides is 1. The Hall–Kier alpha value is 0.400. The highest BCUT2D eigenvalue weighted by Gasteiger charge is 2.29. The summed E-state index contributed by atoms with van der Waals surface area (Å²) in [5.41, 5.74) is 3.02. The predicted octanol–water partition coefficient (Wildman–Crippen LogP) is 5.45. The molecular weight excluding hydrogens is 332 g/mol. The lowest BCUT2D eigenvalue weighted by molar-refractivity contribution is 0.564. The zero-order chi connectivity index (χ0) is 17.4. The van der Waals surface area contributed by atoms with Crippen molar-refractivity contribution in [2.75, 3.05) is 12.7 Å². The van der Waals surface area contributed by atoms with E-state index < -0.39 is 7.92 Å². The number of rotatable bonds is 10. The molecule has 0 rings (SSSR count). The largest absolute Gasteiger partial charge is 0.378 e. The normalized spacial score (nSPS) is 13.6. The van der Waals surface area contributed by atoms with E-state index in [1.807, 2.05) is 0 Å². The van der Waals surface area contributed by atoms with E-state index in [9.17, 15) is 4.79 Å². The van der Waals surface area contributed by atoms with E-state index >= 15 is 0 Å². The Labute approximate surface area is 145 Å². The molecule has 5 heteroatoms. The number of nitrogens with one attached hydrogen (secondary N) is 1. The Morgan fingerprint density at radius 2 is 1.41 bits per heavy atom. The van der Waals surface area contributed by atoms with Crippen LogP contribution in [-0.2, 0) is 4.79 Å². The molecule has 0 fully saturated rings. The van der Waals surface area contributed by atoms with Gasteiger partial charge in [0, 0.05) is 6.54 Å². The SMILES string of the molecule is CC(C)P(CCNC(=C=O)C(Cl)P(C(C)C)C(C)C)C(C)C. The van der Waals surface area contributed by atoms with Gasteiger partial charge in [-0.15, -0.1) is 11.6 Å². The van der Waals surface area contributed by atoms with Crippen LogP contribution in [0.5, 0.6) is 0 Å². The molecule has 0 aromatic carbocycles. The molecule has 0 aromatic heterocycles. The van der Waals surface area contributed by atoms with Gasteiger partial charge in [-0.1, -0.05) is 71.2 Å². The number of allylic oxidation sites excluding steroid dienone is 1. The Bertz CT molecular complexity index is 350. The molecule has 22 heavy (non-hydrogen) atoms. The highest BCUT2D eigenvalue weighted by atomic mass is 35.5. The fourth-order valence-corrected chi connectivity index (χ4v) is 9.62. The first kappa shape index (κ1) is 22.4. The monoisotopic (exact) mass is 365 g/mol. The van der Waals surface area contributed by atoms with Gasteiger partial charge in [0.1, 0.15) is 16.8 Å². The van der Waals surface area contributed by atoms with Crippen LogP contribution in [0.3, 0.4) is 0 Å². The minimum absolute atomic E-state index is 0.0173. The molecule has 0 aliphatic rings. The predicted molar refractivity (Wildman–Crippen MR) is 106 cm³/mol. The van der Waals surface area contributed by atoms with Crippen LogP contribution in [0.25, 0.3) is 0 Å². The van der Waals surface area contributed by atoms with Crippen LogP contribution in [0.2, 0.25) is 0 Å². The van der Waals surface area contributed by atoms with Gasteiger partial charge in [-0.25, -0.2) is 4.79 Å². The van der Waals surface area contributed by atoms with Crippen molar-refractivity contribution in [2.45, 2.75) is 83.1 Å².